The van der Waals surface area contributed by atoms with Crippen LogP contribution in [0.4, 0.5) is 0 Å². The van der Waals surface area contributed by atoms with E-state index in [9.17, 15) is 16.8 Å². The number of rotatable bonds is 9. The minimum atomic E-state index is -3.83. The van der Waals surface area contributed by atoms with Gasteiger partial charge in [-0.25, -0.2) is 26.3 Å². The Hall–Kier alpha value is -0.940. The number of furan rings is 1. The van der Waals surface area contributed by atoms with Crippen molar-refractivity contribution in [3.8, 4) is 0 Å². The van der Waals surface area contributed by atoms with E-state index in [0.717, 1.165) is 12.8 Å². The Balaban J connectivity index is 1.89. The van der Waals surface area contributed by atoms with Gasteiger partial charge in [0.25, 0.3) is 10.0 Å². The standard InChI is InChI=1S/C11H19N3O5S2/c1-12-20(15,16)7-6-14-21(17,18)11-5-4-10(19-11)8-13-9-2-3-9/h4-5,9,12-14H,2-3,6-8H2,1H3. The van der Waals surface area contributed by atoms with Crippen LogP contribution in [0.25, 0.3) is 0 Å². The highest BCUT2D eigenvalue weighted by atomic mass is 32.2. The lowest BCUT2D eigenvalue weighted by Gasteiger charge is -2.05. The Kier molecular flexibility index (Phi) is 5.04. The van der Waals surface area contributed by atoms with Crippen molar-refractivity contribution in [2.45, 2.75) is 30.5 Å². The largest absolute Gasteiger partial charge is 0.447 e. The molecule has 0 amide bonds. The number of nitrogens with one attached hydrogen (secondary N) is 3. The molecule has 2 rings (SSSR count). The maximum atomic E-state index is 11.9. The van der Waals surface area contributed by atoms with E-state index >= 15 is 0 Å². The van der Waals surface area contributed by atoms with Gasteiger partial charge in [-0.05, 0) is 32.0 Å². The molecule has 1 aromatic heterocycles. The molecule has 0 bridgehead atoms. The Morgan fingerprint density at radius 2 is 1.95 bits per heavy atom. The molecule has 1 aliphatic carbocycles. The summed E-state index contributed by atoms with van der Waals surface area (Å²) in [6.45, 7) is 0.260. The molecule has 10 heteroatoms. The monoisotopic (exact) mass is 337 g/mol. The number of hydrogen-bond donors (Lipinski definition) is 3. The summed E-state index contributed by atoms with van der Waals surface area (Å²) < 4.78 is 55.8. The van der Waals surface area contributed by atoms with Gasteiger partial charge in [-0.15, -0.1) is 0 Å². The Labute approximate surface area is 124 Å². The molecule has 0 unspecified atom stereocenters. The minimum absolute atomic E-state index is 0.211. The van der Waals surface area contributed by atoms with Crippen LogP contribution in [-0.4, -0.2) is 42.2 Å². The summed E-state index contributed by atoms with van der Waals surface area (Å²) in [5.41, 5.74) is 0. The Morgan fingerprint density at radius 3 is 2.57 bits per heavy atom. The molecule has 120 valence electrons. The van der Waals surface area contributed by atoms with Crippen molar-refractivity contribution >= 4 is 20.0 Å². The summed E-state index contributed by atoms with van der Waals surface area (Å²) in [4.78, 5) is 0. The predicted octanol–water partition coefficient (Wildman–Crippen LogP) is -0.641. The fraction of sp³-hybridized carbons (Fsp3) is 0.636. The predicted molar refractivity (Wildman–Crippen MR) is 76.6 cm³/mol. The summed E-state index contributed by atoms with van der Waals surface area (Å²) in [6.07, 6.45) is 2.26. The van der Waals surface area contributed by atoms with Gasteiger partial charge >= 0.3 is 0 Å². The van der Waals surface area contributed by atoms with Crippen molar-refractivity contribution in [2.75, 3.05) is 19.3 Å². The van der Waals surface area contributed by atoms with Crippen LogP contribution in [-0.2, 0) is 26.6 Å². The zero-order valence-corrected chi connectivity index (χ0v) is 13.3. The van der Waals surface area contributed by atoms with Crippen molar-refractivity contribution in [1.29, 1.82) is 0 Å². The molecule has 21 heavy (non-hydrogen) atoms. The minimum Gasteiger partial charge on any atom is -0.447 e. The van der Waals surface area contributed by atoms with Crippen LogP contribution < -0.4 is 14.8 Å². The fourth-order valence-corrected chi connectivity index (χ4v) is 3.29. The van der Waals surface area contributed by atoms with E-state index in [0.29, 0.717) is 18.3 Å². The van der Waals surface area contributed by atoms with Crippen molar-refractivity contribution in [3.63, 3.8) is 0 Å². The first-order valence-corrected chi connectivity index (χ1v) is 9.69. The SMILES string of the molecule is CNS(=O)(=O)CCNS(=O)(=O)c1ccc(CNC2CC2)o1. The maximum absolute atomic E-state index is 11.9. The molecule has 1 saturated carbocycles. The maximum Gasteiger partial charge on any atom is 0.273 e. The molecule has 3 N–H and O–H groups in total. The summed E-state index contributed by atoms with van der Waals surface area (Å²) in [5, 5.41) is 3.00. The van der Waals surface area contributed by atoms with Crippen LogP contribution in [0.3, 0.4) is 0 Å². The smallest absolute Gasteiger partial charge is 0.273 e. The van der Waals surface area contributed by atoms with Crippen LogP contribution in [0, 0.1) is 0 Å². The average molecular weight is 337 g/mol. The summed E-state index contributed by atoms with van der Waals surface area (Å²) in [7, 11) is -6.00. The molecule has 0 atom stereocenters. The third-order valence-electron chi connectivity index (χ3n) is 3.02. The van der Waals surface area contributed by atoms with Crippen LogP contribution in [0.5, 0.6) is 0 Å². The van der Waals surface area contributed by atoms with E-state index in [1.165, 1.54) is 13.1 Å². The van der Waals surface area contributed by atoms with Gasteiger partial charge in [-0.1, -0.05) is 0 Å². The van der Waals surface area contributed by atoms with Gasteiger partial charge in [0.15, 0.2) is 0 Å². The Bertz CT molecular complexity index is 676. The van der Waals surface area contributed by atoms with Crippen LogP contribution in [0.2, 0.25) is 0 Å². The van der Waals surface area contributed by atoms with E-state index < -0.39 is 20.0 Å². The zero-order valence-electron chi connectivity index (χ0n) is 11.6. The molecule has 0 radical (unpaired) electrons. The highest BCUT2D eigenvalue weighted by Crippen LogP contribution is 2.20. The van der Waals surface area contributed by atoms with Gasteiger partial charge in [0, 0.05) is 12.6 Å². The van der Waals surface area contributed by atoms with Crippen molar-refractivity contribution in [1.82, 2.24) is 14.8 Å². The Morgan fingerprint density at radius 1 is 1.24 bits per heavy atom. The third-order valence-corrected chi connectivity index (χ3v) is 5.71. The molecule has 0 saturated heterocycles. The highest BCUT2D eigenvalue weighted by Gasteiger charge is 2.22. The van der Waals surface area contributed by atoms with Gasteiger partial charge in [0.05, 0.1) is 12.3 Å². The highest BCUT2D eigenvalue weighted by molar-refractivity contribution is 7.90. The van der Waals surface area contributed by atoms with Crippen molar-refractivity contribution < 1.29 is 21.3 Å². The number of sulfonamides is 2. The van der Waals surface area contributed by atoms with Gasteiger partial charge in [0.2, 0.25) is 15.1 Å². The van der Waals surface area contributed by atoms with Gasteiger partial charge < -0.3 is 9.73 Å². The van der Waals surface area contributed by atoms with Gasteiger partial charge in [-0.2, -0.15) is 0 Å². The quantitative estimate of drug-likeness (QED) is 0.552. The second-order valence-electron chi connectivity index (χ2n) is 4.80. The molecule has 1 heterocycles. The second kappa shape index (κ2) is 6.44. The molecule has 1 aromatic rings. The molecule has 0 aromatic carbocycles. The summed E-state index contributed by atoms with van der Waals surface area (Å²) in [5.74, 6) is 0.199. The molecular formula is C11H19N3O5S2. The second-order valence-corrected chi connectivity index (χ2v) is 8.54. The molecule has 0 spiro atoms. The van der Waals surface area contributed by atoms with Gasteiger partial charge in [0.1, 0.15) is 5.76 Å². The van der Waals surface area contributed by atoms with Crippen molar-refractivity contribution in [2.24, 2.45) is 0 Å². The average Bonchev–Trinajstić information content (AvgIpc) is 3.12. The topological polar surface area (TPSA) is 118 Å². The lowest BCUT2D eigenvalue weighted by atomic mass is 10.4. The molecule has 0 aliphatic heterocycles. The van der Waals surface area contributed by atoms with Gasteiger partial charge in [-0.3, -0.25) is 0 Å². The molecular weight excluding hydrogens is 318 g/mol. The summed E-state index contributed by atoms with van der Waals surface area (Å²) >= 11 is 0. The molecule has 1 fully saturated rings. The molecule has 1 aliphatic rings. The van der Waals surface area contributed by atoms with E-state index in [1.54, 1.807) is 6.07 Å². The van der Waals surface area contributed by atoms with E-state index in [-0.39, 0.29) is 17.4 Å². The normalized spacial score (nSPS) is 16.2. The first kappa shape index (κ1) is 16.4. The third kappa shape index (κ3) is 5.08. The first-order valence-electron chi connectivity index (χ1n) is 6.55. The zero-order chi connectivity index (χ0) is 15.5. The summed E-state index contributed by atoms with van der Waals surface area (Å²) in [6, 6.07) is 3.45. The van der Waals surface area contributed by atoms with E-state index in [4.69, 9.17) is 4.42 Å². The number of hydrogen-bond acceptors (Lipinski definition) is 6. The van der Waals surface area contributed by atoms with E-state index in [2.05, 4.69) is 14.8 Å². The van der Waals surface area contributed by atoms with E-state index in [1.807, 2.05) is 0 Å². The molecule has 8 nitrogen and oxygen atoms in total. The lowest BCUT2D eigenvalue weighted by molar-refractivity contribution is 0.399. The first-order chi connectivity index (χ1) is 9.82. The van der Waals surface area contributed by atoms with Crippen LogP contribution in [0.15, 0.2) is 21.6 Å². The fourth-order valence-electron chi connectivity index (χ4n) is 1.61. The van der Waals surface area contributed by atoms with Crippen LogP contribution in [0.1, 0.15) is 18.6 Å². The van der Waals surface area contributed by atoms with Crippen molar-refractivity contribution in [3.05, 3.63) is 17.9 Å². The lowest BCUT2D eigenvalue weighted by Crippen LogP contribution is -2.32. The van der Waals surface area contributed by atoms with Crippen LogP contribution >= 0.6 is 0 Å².